The lowest BCUT2D eigenvalue weighted by Crippen LogP contribution is -2.19. The highest BCUT2D eigenvalue weighted by atomic mass is 16.6. The van der Waals surface area contributed by atoms with Gasteiger partial charge in [0.1, 0.15) is 5.69 Å². The Morgan fingerprint density at radius 1 is 1.30 bits per heavy atom. The second kappa shape index (κ2) is 6.79. The van der Waals surface area contributed by atoms with Crippen LogP contribution >= 0.6 is 0 Å². The van der Waals surface area contributed by atoms with Crippen LogP contribution in [0.5, 0.6) is 0 Å². The first kappa shape index (κ1) is 17.1. The molecule has 27 heavy (non-hydrogen) atoms. The third-order valence-corrected chi connectivity index (χ3v) is 5.28. The smallest absolute Gasteiger partial charge is 0.294 e. The molecule has 0 saturated heterocycles. The summed E-state index contributed by atoms with van der Waals surface area (Å²) in [6.45, 7) is 0. The van der Waals surface area contributed by atoms with Crippen LogP contribution in [-0.2, 0) is 4.79 Å². The van der Waals surface area contributed by atoms with Crippen molar-refractivity contribution >= 4 is 28.9 Å². The molecular weight excluding hydrogens is 348 g/mol. The number of anilines is 2. The van der Waals surface area contributed by atoms with Gasteiger partial charge in [0, 0.05) is 18.5 Å². The molecule has 1 aliphatic carbocycles. The second-order valence-corrected chi connectivity index (χ2v) is 6.92. The van der Waals surface area contributed by atoms with Gasteiger partial charge >= 0.3 is 0 Å². The van der Waals surface area contributed by atoms with Crippen LogP contribution < -0.4 is 10.6 Å². The van der Waals surface area contributed by atoms with E-state index in [1.54, 1.807) is 18.2 Å². The summed E-state index contributed by atoms with van der Waals surface area (Å²) in [5, 5.41) is 16.9. The molecule has 1 fully saturated rings. The number of carbonyl (C=O) groups is 2. The fraction of sp³-hybridized carbons (Fsp3) is 0.316. The Labute approximate surface area is 155 Å². The normalized spacial score (nSPS) is 18.8. The minimum atomic E-state index is -0.561. The molecule has 2 aliphatic rings. The standard InChI is InChI=1S/C19H18N4O4/c24-18(12-6-3-7-20-10-12)22-15-8-13-14(9-16(15)23(26)27)21-19(25)17(13)11-4-1-2-5-11/h3,6-11,17H,1-2,4-5H2,(H,21,25)(H,22,24). The van der Waals surface area contributed by atoms with Crippen molar-refractivity contribution < 1.29 is 14.5 Å². The summed E-state index contributed by atoms with van der Waals surface area (Å²) >= 11 is 0. The van der Waals surface area contributed by atoms with Gasteiger partial charge in [-0.15, -0.1) is 0 Å². The van der Waals surface area contributed by atoms with Gasteiger partial charge in [-0.25, -0.2) is 0 Å². The van der Waals surface area contributed by atoms with Crippen LogP contribution in [0.4, 0.5) is 17.1 Å². The number of nitro benzene ring substituents is 1. The van der Waals surface area contributed by atoms with E-state index in [2.05, 4.69) is 15.6 Å². The molecule has 4 rings (SSSR count). The number of pyridine rings is 1. The van der Waals surface area contributed by atoms with E-state index < -0.39 is 10.8 Å². The molecule has 2 aromatic rings. The van der Waals surface area contributed by atoms with E-state index in [0.29, 0.717) is 11.3 Å². The number of nitrogens with zero attached hydrogens (tertiary/aromatic N) is 2. The molecule has 2 heterocycles. The maximum absolute atomic E-state index is 12.5. The molecule has 1 atom stereocenters. The number of amides is 2. The van der Waals surface area contributed by atoms with Crippen LogP contribution in [0, 0.1) is 16.0 Å². The molecule has 0 bridgehead atoms. The van der Waals surface area contributed by atoms with Gasteiger partial charge in [0.25, 0.3) is 11.6 Å². The summed E-state index contributed by atoms with van der Waals surface area (Å²) in [6.07, 6.45) is 7.03. The maximum Gasteiger partial charge on any atom is 0.294 e. The van der Waals surface area contributed by atoms with E-state index in [4.69, 9.17) is 0 Å². The zero-order chi connectivity index (χ0) is 19.0. The maximum atomic E-state index is 12.5. The summed E-state index contributed by atoms with van der Waals surface area (Å²) < 4.78 is 0. The Morgan fingerprint density at radius 2 is 2.07 bits per heavy atom. The van der Waals surface area contributed by atoms with Crippen LogP contribution in [0.3, 0.4) is 0 Å². The number of nitro groups is 1. The van der Waals surface area contributed by atoms with Crippen molar-refractivity contribution in [2.45, 2.75) is 31.6 Å². The molecule has 1 aromatic heterocycles. The summed E-state index contributed by atoms with van der Waals surface area (Å²) in [6, 6.07) is 6.10. The fourth-order valence-electron chi connectivity index (χ4n) is 4.02. The number of rotatable bonds is 4. The fourth-order valence-corrected chi connectivity index (χ4v) is 4.02. The number of fused-ring (bicyclic) bond motifs is 1. The zero-order valence-electron chi connectivity index (χ0n) is 14.5. The van der Waals surface area contributed by atoms with Crippen molar-refractivity contribution in [3.8, 4) is 0 Å². The molecule has 2 N–H and O–H groups in total. The minimum Gasteiger partial charge on any atom is -0.325 e. The molecular formula is C19H18N4O4. The topological polar surface area (TPSA) is 114 Å². The summed E-state index contributed by atoms with van der Waals surface area (Å²) in [5.74, 6) is -0.699. The van der Waals surface area contributed by atoms with E-state index in [0.717, 1.165) is 31.2 Å². The molecule has 1 saturated carbocycles. The predicted molar refractivity (Wildman–Crippen MR) is 98.6 cm³/mol. The van der Waals surface area contributed by atoms with Gasteiger partial charge in [-0.2, -0.15) is 0 Å². The zero-order valence-corrected chi connectivity index (χ0v) is 14.5. The van der Waals surface area contributed by atoms with Gasteiger partial charge in [-0.05, 0) is 42.5 Å². The lowest BCUT2D eigenvalue weighted by Gasteiger charge is -2.17. The number of hydrogen-bond donors (Lipinski definition) is 2. The van der Waals surface area contributed by atoms with Crippen molar-refractivity contribution in [2.24, 2.45) is 5.92 Å². The predicted octanol–water partition coefficient (Wildman–Crippen LogP) is 3.47. The lowest BCUT2D eigenvalue weighted by molar-refractivity contribution is -0.383. The SMILES string of the molecule is O=C(Nc1cc2c(cc1[N+](=O)[O-])NC(=O)C2C1CCCC1)c1cccnc1. The summed E-state index contributed by atoms with van der Waals surface area (Å²) in [4.78, 5) is 39.7. The van der Waals surface area contributed by atoms with Gasteiger partial charge in [0.15, 0.2) is 0 Å². The van der Waals surface area contributed by atoms with Crippen LogP contribution in [0.2, 0.25) is 0 Å². The Balaban J connectivity index is 1.72. The highest BCUT2D eigenvalue weighted by Crippen LogP contribution is 2.46. The molecule has 0 spiro atoms. The van der Waals surface area contributed by atoms with Crippen LogP contribution in [0.15, 0.2) is 36.7 Å². The van der Waals surface area contributed by atoms with Crippen LogP contribution in [0.1, 0.15) is 47.5 Å². The molecule has 8 nitrogen and oxygen atoms in total. The molecule has 1 unspecified atom stereocenters. The number of hydrogen-bond acceptors (Lipinski definition) is 5. The Bertz CT molecular complexity index is 923. The molecule has 138 valence electrons. The molecule has 8 heteroatoms. The minimum absolute atomic E-state index is 0.0899. The quantitative estimate of drug-likeness (QED) is 0.635. The number of nitrogens with one attached hydrogen (secondary N) is 2. The Hall–Kier alpha value is -3.29. The van der Waals surface area contributed by atoms with Crippen molar-refractivity contribution in [2.75, 3.05) is 10.6 Å². The molecule has 1 aromatic carbocycles. The third-order valence-electron chi connectivity index (χ3n) is 5.28. The third kappa shape index (κ3) is 3.14. The Kier molecular flexibility index (Phi) is 4.31. The van der Waals surface area contributed by atoms with Gasteiger partial charge in [-0.3, -0.25) is 24.7 Å². The average Bonchev–Trinajstić information content (AvgIpc) is 3.28. The number of carbonyl (C=O) groups excluding carboxylic acids is 2. The van der Waals surface area contributed by atoms with Gasteiger partial charge < -0.3 is 10.6 Å². The monoisotopic (exact) mass is 366 g/mol. The first-order valence-corrected chi connectivity index (χ1v) is 8.89. The first-order chi connectivity index (χ1) is 13.0. The van der Waals surface area contributed by atoms with Gasteiger partial charge in [-0.1, -0.05) is 12.8 Å². The number of aromatic nitrogens is 1. The second-order valence-electron chi connectivity index (χ2n) is 6.92. The first-order valence-electron chi connectivity index (χ1n) is 8.89. The molecule has 0 radical (unpaired) electrons. The van der Waals surface area contributed by atoms with Crippen LogP contribution in [-0.4, -0.2) is 21.7 Å². The Morgan fingerprint density at radius 3 is 2.74 bits per heavy atom. The summed E-state index contributed by atoms with van der Waals surface area (Å²) in [5.41, 5.74) is 1.32. The number of benzene rings is 1. The highest BCUT2D eigenvalue weighted by molar-refractivity contribution is 6.08. The van der Waals surface area contributed by atoms with E-state index >= 15 is 0 Å². The van der Waals surface area contributed by atoms with Gasteiger partial charge in [0.2, 0.25) is 5.91 Å². The van der Waals surface area contributed by atoms with E-state index in [-0.39, 0.29) is 29.1 Å². The van der Waals surface area contributed by atoms with E-state index in [9.17, 15) is 19.7 Å². The van der Waals surface area contributed by atoms with Crippen LogP contribution in [0.25, 0.3) is 0 Å². The van der Waals surface area contributed by atoms with Crippen molar-refractivity contribution in [1.82, 2.24) is 4.98 Å². The average molecular weight is 366 g/mol. The van der Waals surface area contributed by atoms with Crippen molar-refractivity contribution in [3.63, 3.8) is 0 Å². The highest BCUT2D eigenvalue weighted by Gasteiger charge is 2.39. The van der Waals surface area contributed by atoms with E-state index in [1.807, 2.05) is 0 Å². The van der Waals surface area contributed by atoms with E-state index in [1.165, 1.54) is 18.5 Å². The molecule has 2 amide bonds. The lowest BCUT2D eigenvalue weighted by atomic mass is 9.85. The summed E-state index contributed by atoms with van der Waals surface area (Å²) in [7, 11) is 0. The van der Waals surface area contributed by atoms with Crippen molar-refractivity contribution in [3.05, 3.63) is 57.9 Å². The van der Waals surface area contributed by atoms with Crippen molar-refractivity contribution in [1.29, 1.82) is 0 Å². The largest absolute Gasteiger partial charge is 0.325 e. The molecule has 1 aliphatic heterocycles. The van der Waals surface area contributed by atoms with Gasteiger partial charge in [0.05, 0.1) is 22.1 Å².